The first-order chi connectivity index (χ1) is 10.3. The van der Waals surface area contributed by atoms with Crippen LogP contribution in [-0.4, -0.2) is 65.2 Å². The van der Waals surface area contributed by atoms with Gasteiger partial charge in [-0.05, 0) is 31.6 Å². The van der Waals surface area contributed by atoms with E-state index in [1.165, 1.54) is 9.80 Å². The predicted octanol–water partition coefficient (Wildman–Crippen LogP) is 1.16. The topological polar surface area (TPSA) is 60.9 Å². The van der Waals surface area contributed by atoms with Crippen LogP contribution in [0, 0.1) is 5.92 Å². The van der Waals surface area contributed by atoms with E-state index in [0.29, 0.717) is 13.0 Å². The monoisotopic (exact) mass is 322 g/mol. The van der Waals surface area contributed by atoms with Crippen molar-refractivity contribution in [3.05, 3.63) is 0 Å². The Balaban J connectivity index is 1.81. The van der Waals surface area contributed by atoms with E-state index < -0.39 is 18.2 Å². The molecule has 8 heteroatoms. The van der Waals surface area contributed by atoms with Gasteiger partial charge in [0.1, 0.15) is 0 Å². The molecule has 0 aromatic rings. The molecule has 1 unspecified atom stereocenters. The molecule has 0 bridgehead atoms. The Kier molecular flexibility index (Phi) is 5.31. The van der Waals surface area contributed by atoms with Crippen molar-refractivity contribution >= 4 is 11.8 Å². The Labute approximate surface area is 127 Å². The third-order valence-corrected chi connectivity index (χ3v) is 4.42. The van der Waals surface area contributed by atoms with Gasteiger partial charge in [-0.15, -0.1) is 0 Å². The molecule has 0 aliphatic carbocycles. The van der Waals surface area contributed by atoms with Crippen molar-refractivity contribution in [2.75, 3.05) is 26.2 Å². The van der Waals surface area contributed by atoms with Crippen LogP contribution < -0.4 is 0 Å². The van der Waals surface area contributed by atoms with Gasteiger partial charge in [-0.1, -0.05) is 0 Å². The zero-order valence-electron chi connectivity index (χ0n) is 12.3. The Hall–Kier alpha value is -1.31. The smallest absolute Gasteiger partial charge is 0.383 e. The van der Waals surface area contributed by atoms with Gasteiger partial charge in [0.15, 0.2) is 6.10 Å². The van der Waals surface area contributed by atoms with Gasteiger partial charge in [-0.3, -0.25) is 9.59 Å². The summed E-state index contributed by atoms with van der Waals surface area (Å²) in [7, 11) is 0. The molecule has 5 nitrogen and oxygen atoms in total. The molecule has 0 radical (unpaired) electrons. The van der Waals surface area contributed by atoms with Crippen LogP contribution in [0.5, 0.6) is 0 Å². The van der Waals surface area contributed by atoms with Crippen molar-refractivity contribution in [2.24, 2.45) is 5.92 Å². The van der Waals surface area contributed by atoms with Gasteiger partial charge in [0.05, 0.1) is 6.54 Å². The number of aliphatic hydroxyl groups excluding tert-OH is 1. The molecular weight excluding hydrogens is 301 g/mol. The Morgan fingerprint density at radius 3 is 2.41 bits per heavy atom. The van der Waals surface area contributed by atoms with Gasteiger partial charge < -0.3 is 14.9 Å². The number of piperidine rings is 2. The number of carbonyl (C=O) groups is 2. The third-order valence-electron chi connectivity index (χ3n) is 4.42. The molecule has 1 atom stereocenters. The van der Waals surface area contributed by atoms with Gasteiger partial charge in [0.2, 0.25) is 11.8 Å². The van der Waals surface area contributed by atoms with E-state index in [1.807, 2.05) is 0 Å². The maximum Gasteiger partial charge on any atom is 0.414 e. The normalized spacial score (nSPS) is 22.8. The number of carbonyl (C=O) groups excluding carboxylic acids is 2. The lowest BCUT2D eigenvalue weighted by molar-refractivity contribution is -0.223. The summed E-state index contributed by atoms with van der Waals surface area (Å²) in [6, 6.07) is 0. The molecule has 2 saturated heterocycles. The summed E-state index contributed by atoms with van der Waals surface area (Å²) in [4.78, 5) is 26.8. The molecule has 0 aromatic carbocycles. The molecular formula is C14H21F3N2O3. The van der Waals surface area contributed by atoms with E-state index in [1.54, 1.807) is 0 Å². The van der Waals surface area contributed by atoms with Gasteiger partial charge >= 0.3 is 6.18 Å². The average molecular weight is 322 g/mol. The number of halogens is 3. The predicted molar refractivity (Wildman–Crippen MR) is 71.8 cm³/mol. The minimum Gasteiger partial charge on any atom is -0.383 e. The Morgan fingerprint density at radius 1 is 1.23 bits per heavy atom. The van der Waals surface area contributed by atoms with Crippen LogP contribution in [0.3, 0.4) is 0 Å². The number of alkyl halides is 3. The van der Waals surface area contributed by atoms with Crippen LogP contribution in [0.1, 0.15) is 32.1 Å². The van der Waals surface area contributed by atoms with Crippen LogP contribution in [-0.2, 0) is 9.59 Å². The number of amides is 2. The van der Waals surface area contributed by atoms with Crippen molar-refractivity contribution in [2.45, 2.75) is 44.4 Å². The molecule has 0 aromatic heterocycles. The van der Waals surface area contributed by atoms with Crippen LogP contribution in [0.2, 0.25) is 0 Å². The van der Waals surface area contributed by atoms with Crippen LogP contribution in [0.25, 0.3) is 0 Å². The molecule has 0 spiro atoms. The highest BCUT2D eigenvalue weighted by molar-refractivity contribution is 5.85. The first-order valence-corrected chi connectivity index (χ1v) is 7.59. The third kappa shape index (κ3) is 4.12. The van der Waals surface area contributed by atoms with Gasteiger partial charge in [0.25, 0.3) is 0 Å². The zero-order chi connectivity index (χ0) is 16.3. The standard InChI is InChI=1S/C14H21F3N2O3/c15-14(16,17)13(22)10-4-7-18(8-5-10)12(21)9-19-6-2-1-3-11(19)20/h10,13,22H,1-9H2. The van der Waals surface area contributed by atoms with Gasteiger partial charge in [0, 0.05) is 26.1 Å². The zero-order valence-corrected chi connectivity index (χ0v) is 12.3. The van der Waals surface area contributed by atoms with Crippen LogP contribution in [0.4, 0.5) is 13.2 Å². The Morgan fingerprint density at radius 2 is 1.86 bits per heavy atom. The van der Waals surface area contributed by atoms with Crippen LogP contribution >= 0.6 is 0 Å². The second-order valence-corrected chi connectivity index (χ2v) is 5.98. The minimum absolute atomic E-state index is 0.00528. The van der Waals surface area contributed by atoms with E-state index in [4.69, 9.17) is 0 Å². The Bertz CT molecular complexity index is 420. The summed E-state index contributed by atoms with van der Waals surface area (Å²) in [6.07, 6.45) is -4.53. The molecule has 2 amide bonds. The maximum atomic E-state index is 12.5. The molecule has 2 heterocycles. The molecule has 2 fully saturated rings. The summed E-state index contributed by atoms with van der Waals surface area (Å²) in [5.74, 6) is -1.13. The van der Waals surface area contributed by atoms with E-state index in [9.17, 15) is 27.9 Å². The van der Waals surface area contributed by atoms with Crippen molar-refractivity contribution in [1.29, 1.82) is 0 Å². The summed E-state index contributed by atoms with van der Waals surface area (Å²) >= 11 is 0. The number of likely N-dealkylation sites (tertiary alicyclic amines) is 2. The van der Waals surface area contributed by atoms with E-state index >= 15 is 0 Å². The summed E-state index contributed by atoms with van der Waals surface area (Å²) < 4.78 is 37.4. The second kappa shape index (κ2) is 6.85. The highest BCUT2D eigenvalue weighted by atomic mass is 19.4. The molecule has 2 aliphatic heterocycles. The number of hydrogen-bond donors (Lipinski definition) is 1. The average Bonchev–Trinajstić information content (AvgIpc) is 2.48. The van der Waals surface area contributed by atoms with Gasteiger partial charge in [-0.2, -0.15) is 13.2 Å². The van der Waals surface area contributed by atoms with E-state index in [-0.39, 0.29) is 44.3 Å². The fraction of sp³-hybridized carbons (Fsp3) is 0.857. The number of rotatable bonds is 3. The number of hydrogen-bond acceptors (Lipinski definition) is 3. The number of aliphatic hydroxyl groups is 1. The van der Waals surface area contributed by atoms with E-state index in [0.717, 1.165) is 12.8 Å². The SMILES string of the molecule is O=C(CN1CCCCC1=O)N1CCC(C(O)C(F)(F)F)CC1. The lowest BCUT2D eigenvalue weighted by Crippen LogP contribution is -2.49. The summed E-state index contributed by atoms with van der Waals surface area (Å²) in [5, 5.41) is 9.25. The fourth-order valence-electron chi connectivity index (χ4n) is 3.02. The first kappa shape index (κ1) is 17.1. The van der Waals surface area contributed by atoms with Gasteiger partial charge in [-0.25, -0.2) is 0 Å². The highest BCUT2D eigenvalue weighted by Gasteiger charge is 2.44. The van der Waals surface area contributed by atoms with Crippen LogP contribution in [0.15, 0.2) is 0 Å². The van der Waals surface area contributed by atoms with Crippen molar-refractivity contribution in [1.82, 2.24) is 9.80 Å². The molecule has 126 valence electrons. The maximum absolute atomic E-state index is 12.5. The quantitative estimate of drug-likeness (QED) is 0.848. The number of nitrogens with zero attached hydrogens (tertiary/aromatic N) is 2. The molecule has 1 N–H and O–H groups in total. The summed E-state index contributed by atoms with van der Waals surface area (Å²) in [6.45, 7) is 0.955. The second-order valence-electron chi connectivity index (χ2n) is 5.98. The molecule has 2 aliphatic rings. The molecule has 2 rings (SSSR count). The van der Waals surface area contributed by atoms with Crippen molar-refractivity contribution in [3.8, 4) is 0 Å². The lowest BCUT2D eigenvalue weighted by atomic mass is 9.91. The highest BCUT2D eigenvalue weighted by Crippen LogP contribution is 2.31. The minimum atomic E-state index is -4.61. The summed E-state index contributed by atoms with van der Waals surface area (Å²) in [5.41, 5.74) is 0. The molecule has 22 heavy (non-hydrogen) atoms. The largest absolute Gasteiger partial charge is 0.414 e. The van der Waals surface area contributed by atoms with E-state index in [2.05, 4.69) is 0 Å². The first-order valence-electron chi connectivity index (χ1n) is 7.59. The fourth-order valence-corrected chi connectivity index (χ4v) is 3.02. The van der Waals surface area contributed by atoms with Crippen molar-refractivity contribution < 1.29 is 27.9 Å². The van der Waals surface area contributed by atoms with Crippen molar-refractivity contribution in [3.63, 3.8) is 0 Å². The lowest BCUT2D eigenvalue weighted by Gasteiger charge is -2.36. The molecule has 0 saturated carbocycles.